The van der Waals surface area contributed by atoms with Gasteiger partial charge < -0.3 is 15.1 Å². The molecule has 2 aliphatic rings. The molecule has 0 aromatic heterocycles. The molecule has 1 saturated carbocycles. The maximum Gasteiger partial charge on any atom is 0.261 e. The molecule has 0 bridgehead atoms. The molecule has 2 fully saturated rings. The van der Waals surface area contributed by atoms with Crippen LogP contribution in [0.3, 0.4) is 0 Å². The Morgan fingerprint density at radius 2 is 1.86 bits per heavy atom. The molecule has 2 atom stereocenters. The summed E-state index contributed by atoms with van der Waals surface area (Å²) in [5.41, 5.74) is 3.52. The summed E-state index contributed by atoms with van der Waals surface area (Å²) in [6.45, 7) is 4.63. The number of carbonyl (C=O) groups excluding carboxylic acids is 2. The highest BCUT2D eigenvalue weighted by Gasteiger charge is 2.41. The van der Waals surface area contributed by atoms with Gasteiger partial charge in [0.05, 0.1) is 4.91 Å². The number of hydrogen-bond acceptors (Lipinski definition) is 4. The van der Waals surface area contributed by atoms with Gasteiger partial charge in [0.2, 0.25) is 5.91 Å². The third-order valence-corrected chi connectivity index (χ3v) is 8.24. The van der Waals surface area contributed by atoms with Crippen LogP contribution in [0.4, 0.5) is 0 Å². The Labute approximate surface area is 214 Å². The molecule has 5 nitrogen and oxygen atoms in total. The van der Waals surface area contributed by atoms with E-state index in [0.29, 0.717) is 11.8 Å². The van der Waals surface area contributed by atoms with Gasteiger partial charge in [0, 0.05) is 24.4 Å². The smallest absolute Gasteiger partial charge is 0.261 e. The van der Waals surface area contributed by atoms with Crippen molar-refractivity contribution >= 4 is 29.7 Å². The Morgan fingerprint density at radius 3 is 2.63 bits per heavy atom. The normalized spacial score (nSPS) is 21.3. The third kappa shape index (κ3) is 7.21. The lowest BCUT2D eigenvalue weighted by Crippen LogP contribution is -2.54. The minimum Gasteiger partial charge on any atom is -0.355 e. The van der Waals surface area contributed by atoms with Gasteiger partial charge in [0.15, 0.2) is 0 Å². The summed E-state index contributed by atoms with van der Waals surface area (Å²) in [6.07, 6.45) is 7.27. The Morgan fingerprint density at radius 1 is 1.11 bits per heavy atom. The molecule has 1 N–H and O–H groups in total. The summed E-state index contributed by atoms with van der Waals surface area (Å²) in [6, 6.07) is 18.8. The lowest BCUT2D eigenvalue weighted by Gasteiger charge is -2.43. The van der Waals surface area contributed by atoms with Crippen molar-refractivity contribution < 1.29 is 9.59 Å². The summed E-state index contributed by atoms with van der Waals surface area (Å²) < 4.78 is 0. The number of hydrogen-bond donors (Lipinski definition) is 1. The molecule has 0 radical (unpaired) electrons. The standard InChI is InChI=1S/C29H37N3O2S/c1-22-13-15-23(16-14-22)19-27-29(34)32(25-11-6-7-12-26(25)35-27)21-28(33)30-17-8-18-31(2)20-24-9-4-3-5-10-24/h3-5,9-10,13-16,19,25-26H,6-8,11-12,17-18,20-21H2,1-2H3,(H,30,33)/b27-19-. The fourth-order valence-corrected chi connectivity index (χ4v) is 6.41. The average Bonchev–Trinajstić information content (AvgIpc) is 2.86. The van der Waals surface area contributed by atoms with E-state index in [0.717, 1.165) is 49.2 Å². The molecule has 0 spiro atoms. The maximum absolute atomic E-state index is 13.4. The van der Waals surface area contributed by atoms with Crippen LogP contribution in [0.15, 0.2) is 59.5 Å². The first-order valence-electron chi connectivity index (χ1n) is 12.7. The van der Waals surface area contributed by atoms with Crippen molar-refractivity contribution in [1.29, 1.82) is 0 Å². The summed E-state index contributed by atoms with van der Waals surface area (Å²) in [7, 11) is 2.10. The van der Waals surface area contributed by atoms with Gasteiger partial charge in [0.25, 0.3) is 5.91 Å². The Bertz CT molecular complexity index is 1020. The van der Waals surface area contributed by atoms with Crippen molar-refractivity contribution in [3.8, 4) is 0 Å². The fourth-order valence-electron chi connectivity index (χ4n) is 4.94. The van der Waals surface area contributed by atoms with Gasteiger partial charge >= 0.3 is 0 Å². The zero-order chi connectivity index (χ0) is 24.6. The number of fused-ring (bicyclic) bond motifs is 1. The first-order valence-corrected chi connectivity index (χ1v) is 13.6. The van der Waals surface area contributed by atoms with Crippen LogP contribution in [0, 0.1) is 6.92 Å². The van der Waals surface area contributed by atoms with Crippen molar-refractivity contribution in [2.24, 2.45) is 0 Å². The molecular weight excluding hydrogens is 454 g/mol. The van der Waals surface area contributed by atoms with Crippen LogP contribution in [0.2, 0.25) is 0 Å². The van der Waals surface area contributed by atoms with Crippen LogP contribution < -0.4 is 5.32 Å². The van der Waals surface area contributed by atoms with Gasteiger partial charge in [-0.1, -0.05) is 73.0 Å². The topological polar surface area (TPSA) is 52.7 Å². The SMILES string of the molecule is Cc1ccc(/C=C2\SC3CCCCC3N(CC(=O)NCCCN(C)Cc3ccccc3)C2=O)cc1. The van der Waals surface area contributed by atoms with Crippen molar-refractivity contribution in [2.45, 2.75) is 56.9 Å². The Kier molecular flexibility index (Phi) is 9.05. The summed E-state index contributed by atoms with van der Waals surface area (Å²) in [5.74, 6) is -0.0635. The highest BCUT2D eigenvalue weighted by molar-refractivity contribution is 8.04. The number of nitrogens with zero attached hydrogens (tertiary/aromatic N) is 2. The summed E-state index contributed by atoms with van der Waals surface area (Å²) >= 11 is 1.71. The van der Waals surface area contributed by atoms with E-state index >= 15 is 0 Å². The maximum atomic E-state index is 13.4. The van der Waals surface area contributed by atoms with Gasteiger partial charge in [-0.05, 0) is 57.0 Å². The van der Waals surface area contributed by atoms with Crippen molar-refractivity contribution in [3.05, 3.63) is 76.2 Å². The van der Waals surface area contributed by atoms with Crippen LogP contribution in [0.25, 0.3) is 6.08 Å². The van der Waals surface area contributed by atoms with E-state index in [1.54, 1.807) is 11.8 Å². The minimum absolute atomic E-state index is 0.00327. The van der Waals surface area contributed by atoms with E-state index in [9.17, 15) is 9.59 Å². The van der Waals surface area contributed by atoms with E-state index in [4.69, 9.17) is 0 Å². The molecule has 35 heavy (non-hydrogen) atoms. The largest absolute Gasteiger partial charge is 0.355 e. The number of benzene rings is 2. The van der Waals surface area contributed by atoms with E-state index in [1.165, 1.54) is 17.5 Å². The lowest BCUT2D eigenvalue weighted by molar-refractivity contribution is -0.135. The number of aryl methyl sites for hydroxylation is 1. The van der Waals surface area contributed by atoms with Crippen molar-refractivity contribution in [3.63, 3.8) is 0 Å². The van der Waals surface area contributed by atoms with Crippen LogP contribution in [-0.4, -0.2) is 59.6 Å². The van der Waals surface area contributed by atoms with Crippen LogP contribution in [-0.2, 0) is 16.1 Å². The van der Waals surface area contributed by atoms with Gasteiger partial charge in [-0.3, -0.25) is 9.59 Å². The molecule has 1 saturated heterocycles. The molecule has 4 rings (SSSR count). The number of rotatable bonds is 9. The van der Waals surface area contributed by atoms with E-state index in [1.807, 2.05) is 17.0 Å². The lowest BCUT2D eigenvalue weighted by atomic mass is 9.93. The molecule has 1 aliphatic heterocycles. The Balaban J connectivity index is 1.31. The second-order valence-corrected chi connectivity index (χ2v) is 11.1. The summed E-state index contributed by atoms with van der Waals surface area (Å²) in [4.78, 5) is 31.1. The Hall–Kier alpha value is -2.57. The van der Waals surface area contributed by atoms with Crippen molar-refractivity contribution in [1.82, 2.24) is 15.1 Å². The van der Waals surface area contributed by atoms with Gasteiger partial charge in [0.1, 0.15) is 6.54 Å². The predicted octanol–water partition coefficient (Wildman–Crippen LogP) is 4.86. The van der Waals surface area contributed by atoms with E-state index in [2.05, 4.69) is 72.7 Å². The second-order valence-electron chi connectivity index (χ2n) is 9.79. The van der Waals surface area contributed by atoms with Gasteiger partial charge in [-0.2, -0.15) is 0 Å². The summed E-state index contributed by atoms with van der Waals surface area (Å²) in [5, 5.41) is 3.42. The number of nitrogens with one attached hydrogen (secondary N) is 1. The molecule has 1 aliphatic carbocycles. The van der Waals surface area contributed by atoms with Crippen LogP contribution in [0.5, 0.6) is 0 Å². The number of carbonyl (C=O) groups is 2. The fraction of sp³-hybridized carbons (Fsp3) is 0.448. The molecule has 186 valence electrons. The van der Waals surface area contributed by atoms with Crippen molar-refractivity contribution in [2.75, 3.05) is 26.7 Å². The molecular formula is C29H37N3O2S. The molecule has 2 aromatic carbocycles. The van der Waals surface area contributed by atoms with E-state index < -0.39 is 0 Å². The molecule has 2 unspecified atom stereocenters. The quantitative estimate of drug-likeness (QED) is 0.402. The predicted molar refractivity (Wildman–Crippen MR) is 145 cm³/mol. The highest BCUT2D eigenvalue weighted by atomic mass is 32.2. The second kappa shape index (κ2) is 12.4. The zero-order valence-corrected chi connectivity index (χ0v) is 21.7. The first-order chi connectivity index (χ1) is 17.0. The first kappa shape index (κ1) is 25.5. The number of amides is 2. The minimum atomic E-state index is -0.0602. The molecule has 2 amide bonds. The molecule has 1 heterocycles. The number of thioether (sulfide) groups is 1. The van der Waals surface area contributed by atoms with Gasteiger partial charge in [-0.25, -0.2) is 0 Å². The van der Waals surface area contributed by atoms with Gasteiger partial charge in [-0.15, -0.1) is 11.8 Å². The van der Waals surface area contributed by atoms with Crippen LogP contribution >= 0.6 is 11.8 Å². The highest BCUT2D eigenvalue weighted by Crippen LogP contribution is 2.42. The molecule has 2 aromatic rings. The van der Waals surface area contributed by atoms with E-state index in [-0.39, 0.29) is 24.4 Å². The monoisotopic (exact) mass is 491 g/mol. The van der Waals surface area contributed by atoms with Crippen LogP contribution in [0.1, 0.15) is 48.8 Å². The average molecular weight is 492 g/mol. The third-order valence-electron chi connectivity index (χ3n) is 6.84. The molecule has 6 heteroatoms. The zero-order valence-electron chi connectivity index (χ0n) is 20.9.